The van der Waals surface area contributed by atoms with Crippen molar-refractivity contribution >= 4 is 17.7 Å². The SMILES string of the molecule is COC(=O)c1c(CC(=O)NC(c2ccccc2)C(C)C)[nH]c(C(C)=O)c1C. The van der Waals surface area contributed by atoms with Crippen molar-refractivity contribution in [2.24, 2.45) is 5.92 Å². The molecule has 2 N–H and O–H groups in total. The second-order valence-corrected chi connectivity index (χ2v) is 6.90. The van der Waals surface area contributed by atoms with Crippen molar-refractivity contribution in [3.63, 3.8) is 0 Å². The van der Waals surface area contributed by atoms with Crippen LogP contribution < -0.4 is 5.32 Å². The number of aromatic nitrogens is 1. The predicted molar refractivity (Wildman–Crippen MR) is 103 cm³/mol. The van der Waals surface area contributed by atoms with Crippen LogP contribution in [-0.4, -0.2) is 29.8 Å². The number of aromatic amines is 1. The summed E-state index contributed by atoms with van der Waals surface area (Å²) in [6, 6.07) is 9.58. The van der Waals surface area contributed by atoms with E-state index in [-0.39, 0.29) is 35.6 Å². The van der Waals surface area contributed by atoms with E-state index in [1.807, 2.05) is 44.2 Å². The van der Waals surface area contributed by atoms with E-state index in [4.69, 9.17) is 4.74 Å². The highest BCUT2D eigenvalue weighted by Gasteiger charge is 2.25. The zero-order valence-electron chi connectivity index (χ0n) is 16.4. The smallest absolute Gasteiger partial charge is 0.339 e. The van der Waals surface area contributed by atoms with Gasteiger partial charge in [-0.2, -0.15) is 0 Å². The first-order chi connectivity index (χ1) is 12.8. The van der Waals surface area contributed by atoms with Gasteiger partial charge in [-0.25, -0.2) is 4.79 Å². The van der Waals surface area contributed by atoms with Crippen LogP contribution in [0, 0.1) is 12.8 Å². The van der Waals surface area contributed by atoms with Gasteiger partial charge in [0.1, 0.15) is 0 Å². The van der Waals surface area contributed by atoms with E-state index >= 15 is 0 Å². The Hall–Kier alpha value is -2.89. The van der Waals surface area contributed by atoms with Gasteiger partial charge in [0.2, 0.25) is 5.91 Å². The highest BCUT2D eigenvalue weighted by Crippen LogP contribution is 2.23. The van der Waals surface area contributed by atoms with Gasteiger partial charge >= 0.3 is 5.97 Å². The quantitative estimate of drug-likeness (QED) is 0.578. The molecule has 6 nitrogen and oxygen atoms in total. The van der Waals surface area contributed by atoms with Crippen LogP contribution in [0.25, 0.3) is 0 Å². The molecule has 1 heterocycles. The van der Waals surface area contributed by atoms with Gasteiger partial charge in [0.25, 0.3) is 0 Å². The first-order valence-electron chi connectivity index (χ1n) is 8.91. The summed E-state index contributed by atoms with van der Waals surface area (Å²) >= 11 is 0. The summed E-state index contributed by atoms with van der Waals surface area (Å²) in [6.45, 7) is 7.14. The van der Waals surface area contributed by atoms with Crippen LogP contribution in [0.3, 0.4) is 0 Å². The highest BCUT2D eigenvalue weighted by atomic mass is 16.5. The third kappa shape index (κ3) is 4.64. The average molecular weight is 370 g/mol. The lowest BCUT2D eigenvalue weighted by Gasteiger charge is -2.23. The van der Waals surface area contributed by atoms with E-state index in [1.54, 1.807) is 6.92 Å². The van der Waals surface area contributed by atoms with E-state index in [9.17, 15) is 14.4 Å². The number of ether oxygens (including phenoxy) is 1. The molecule has 1 aromatic carbocycles. The number of rotatable bonds is 7. The molecule has 2 rings (SSSR count). The fourth-order valence-corrected chi connectivity index (χ4v) is 3.20. The number of hydrogen-bond acceptors (Lipinski definition) is 4. The number of methoxy groups -OCH3 is 1. The number of H-pyrrole nitrogens is 1. The molecule has 0 aliphatic rings. The number of amides is 1. The predicted octanol–water partition coefficient (Wildman–Crippen LogP) is 3.37. The topological polar surface area (TPSA) is 88.3 Å². The van der Waals surface area contributed by atoms with Crippen molar-refractivity contribution in [1.29, 1.82) is 0 Å². The molecular formula is C21H26N2O4. The lowest BCUT2D eigenvalue weighted by atomic mass is 9.96. The monoisotopic (exact) mass is 370 g/mol. The number of carbonyl (C=O) groups is 3. The summed E-state index contributed by atoms with van der Waals surface area (Å²) in [5.41, 5.74) is 2.47. The Bertz CT molecular complexity index is 837. The summed E-state index contributed by atoms with van der Waals surface area (Å²) in [7, 11) is 1.27. The molecule has 0 saturated heterocycles. The Kier molecular flexibility index (Phi) is 6.55. The summed E-state index contributed by atoms with van der Waals surface area (Å²) in [6.07, 6.45) is -0.0470. The normalized spacial score (nSPS) is 11.9. The third-order valence-corrected chi connectivity index (χ3v) is 4.55. The van der Waals surface area contributed by atoms with Crippen molar-refractivity contribution < 1.29 is 19.1 Å². The number of carbonyl (C=O) groups excluding carboxylic acids is 3. The molecule has 6 heteroatoms. The number of hydrogen-bond donors (Lipinski definition) is 2. The highest BCUT2D eigenvalue weighted by molar-refractivity contribution is 6.01. The Balaban J connectivity index is 2.28. The number of nitrogens with one attached hydrogen (secondary N) is 2. The molecule has 27 heavy (non-hydrogen) atoms. The fourth-order valence-electron chi connectivity index (χ4n) is 3.20. The van der Waals surface area contributed by atoms with Gasteiger partial charge in [-0.3, -0.25) is 9.59 Å². The second-order valence-electron chi connectivity index (χ2n) is 6.90. The molecule has 0 radical (unpaired) electrons. The summed E-state index contributed by atoms with van der Waals surface area (Å²) in [4.78, 5) is 39.5. The zero-order chi connectivity index (χ0) is 20.1. The summed E-state index contributed by atoms with van der Waals surface area (Å²) in [5.74, 6) is -0.815. The van der Waals surface area contributed by atoms with Gasteiger partial charge in [-0.15, -0.1) is 0 Å². The molecule has 0 aliphatic heterocycles. The lowest BCUT2D eigenvalue weighted by molar-refractivity contribution is -0.121. The Morgan fingerprint density at radius 1 is 1.15 bits per heavy atom. The molecule has 0 spiro atoms. The van der Waals surface area contributed by atoms with Gasteiger partial charge in [-0.05, 0) is 24.0 Å². The molecule has 144 valence electrons. The molecule has 1 amide bonds. The fraction of sp³-hybridized carbons (Fsp3) is 0.381. The number of esters is 1. The van der Waals surface area contributed by atoms with Gasteiger partial charge in [0.15, 0.2) is 5.78 Å². The van der Waals surface area contributed by atoms with Crippen LogP contribution in [0.1, 0.15) is 64.5 Å². The van der Waals surface area contributed by atoms with Crippen molar-refractivity contribution in [3.05, 3.63) is 58.4 Å². The molecule has 1 unspecified atom stereocenters. The Morgan fingerprint density at radius 2 is 1.78 bits per heavy atom. The van der Waals surface area contributed by atoms with Crippen LogP contribution in [0.4, 0.5) is 0 Å². The summed E-state index contributed by atoms with van der Waals surface area (Å²) in [5, 5.41) is 3.03. The molecule has 0 saturated carbocycles. The maximum absolute atomic E-state index is 12.7. The number of ketones is 1. The van der Waals surface area contributed by atoms with Gasteiger partial charge in [0, 0.05) is 12.6 Å². The van der Waals surface area contributed by atoms with Gasteiger partial charge in [0.05, 0.1) is 30.8 Å². The van der Waals surface area contributed by atoms with Crippen LogP contribution in [-0.2, 0) is 16.0 Å². The minimum absolute atomic E-state index is 0.0470. The van der Waals surface area contributed by atoms with Crippen LogP contribution in [0.2, 0.25) is 0 Å². The molecule has 2 aromatic rings. The Labute approximate surface area is 159 Å². The largest absolute Gasteiger partial charge is 0.465 e. The first-order valence-corrected chi connectivity index (χ1v) is 8.91. The van der Waals surface area contributed by atoms with Crippen LogP contribution in [0.15, 0.2) is 30.3 Å². The van der Waals surface area contributed by atoms with E-state index in [1.165, 1.54) is 14.0 Å². The van der Waals surface area contributed by atoms with Crippen molar-refractivity contribution in [2.45, 2.75) is 40.2 Å². The molecule has 0 bridgehead atoms. The van der Waals surface area contributed by atoms with Gasteiger partial charge < -0.3 is 15.0 Å². The minimum atomic E-state index is -0.567. The first kappa shape index (κ1) is 20.4. The van der Waals surface area contributed by atoms with Gasteiger partial charge in [-0.1, -0.05) is 44.2 Å². The second kappa shape index (κ2) is 8.66. The van der Waals surface area contributed by atoms with Crippen molar-refractivity contribution in [3.8, 4) is 0 Å². The van der Waals surface area contributed by atoms with E-state index in [0.717, 1.165) is 5.56 Å². The van der Waals surface area contributed by atoms with Crippen molar-refractivity contribution in [1.82, 2.24) is 10.3 Å². The Morgan fingerprint density at radius 3 is 2.30 bits per heavy atom. The van der Waals surface area contributed by atoms with E-state index in [0.29, 0.717) is 17.0 Å². The lowest BCUT2D eigenvalue weighted by Crippen LogP contribution is -2.33. The molecule has 1 aromatic heterocycles. The van der Waals surface area contributed by atoms with Crippen LogP contribution >= 0.6 is 0 Å². The van der Waals surface area contributed by atoms with Crippen LogP contribution in [0.5, 0.6) is 0 Å². The standard InChI is InChI=1S/C21H26N2O4/c1-12(2)19(15-9-7-6-8-10-15)23-17(25)11-16-18(21(26)27-5)13(3)20(22-16)14(4)24/h6-10,12,19,22H,11H2,1-5H3,(H,23,25). The maximum Gasteiger partial charge on any atom is 0.339 e. The summed E-state index contributed by atoms with van der Waals surface area (Å²) < 4.78 is 4.82. The molecular weight excluding hydrogens is 344 g/mol. The molecule has 0 aliphatic carbocycles. The molecule has 0 fully saturated rings. The van der Waals surface area contributed by atoms with E-state index < -0.39 is 5.97 Å². The third-order valence-electron chi connectivity index (χ3n) is 4.55. The van der Waals surface area contributed by atoms with E-state index in [2.05, 4.69) is 10.3 Å². The average Bonchev–Trinajstić information content (AvgIpc) is 2.95. The van der Waals surface area contributed by atoms with Crippen molar-refractivity contribution in [2.75, 3.05) is 7.11 Å². The molecule has 1 atom stereocenters. The maximum atomic E-state index is 12.7. The number of Topliss-reactive ketones (excluding diaryl/α,β-unsaturated/α-hetero) is 1. The zero-order valence-corrected chi connectivity index (χ0v) is 16.4. The number of benzene rings is 1. The minimum Gasteiger partial charge on any atom is -0.465 e.